The predicted octanol–water partition coefficient (Wildman–Crippen LogP) is 4.02. The van der Waals surface area contributed by atoms with Crippen molar-refractivity contribution < 1.29 is 4.74 Å². The second-order valence-electron chi connectivity index (χ2n) is 4.03. The normalized spacial score (nSPS) is 14.0. The highest BCUT2D eigenvalue weighted by molar-refractivity contribution is 9.10. The van der Waals surface area contributed by atoms with E-state index in [0.717, 1.165) is 29.7 Å². The molecule has 1 aromatic carbocycles. The lowest BCUT2D eigenvalue weighted by molar-refractivity contribution is 0.352. The van der Waals surface area contributed by atoms with Crippen molar-refractivity contribution >= 4 is 39.1 Å². The fourth-order valence-electron chi connectivity index (χ4n) is 1.96. The average molecular weight is 324 g/mol. The third-order valence-electron chi connectivity index (χ3n) is 2.77. The van der Waals surface area contributed by atoms with Gasteiger partial charge in [-0.3, -0.25) is 0 Å². The number of rotatable bonds is 4. The molecular weight excluding hydrogens is 311 g/mol. The second kappa shape index (κ2) is 5.61. The third-order valence-corrected chi connectivity index (χ3v) is 4.10. The molecule has 1 aromatic rings. The summed E-state index contributed by atoms with van der Waals surface area (Å²) in [6, 6.07) is 4.23. The van der Waals surface area contributed by atoms with Gasteiger partial charge in [0.1, 0.15) is 5.75 Å². The third kappa shape index (κ3) is 2.66. The predicted molar refractivity (Wildman–Crippen MR) is 72.0 cm³/mol. The Kier molecular flexibility index (Phi) is 4.40. The van der Waals surface area contributed by atoms with Crippen molar-refractivity contribution in [3.8, 4) is 5.75 Å². The topological polar surface area (TPSA) is 9.23 Å². The zero-order valence-corrected chi connectivity index (χ0v) is 11.9. The molecular formula is C12H13BrCl2O. The first-order valence-electron chi connectivity index (χ1n) is 5.30. The number of hydrogen-bond acceptors (Lipinski definition) is 1. The van der Waals surface area contributed by atoms with Crippen molar-refractivity contribution in [2.75, 3.05) is 18.4 Å². The van der Waals surface area contributed by atoms with Crippen LogP contribution in [0.25, 0.3) is 0 Å². The zero-order chi connectivity index (χ0) is 11.5. The van der Waals surface area contributed by atoms with Crippen LogP contribution in [0.2, 0.25) is 0 Å². The van der Waals surface area contributed by atoms with Crippen LogP contribution in [0.4, 0.5) is 0 Å². The Labute approximate surface area is 114 Å². The maximum Gasteiger partial charge on any atom is 0.125 e. The molecule has 1 heterocycles. The SMILES string of the molecule is ClCC(CCl)Cc1cc(Br)cc2c1OCC2. The van der Waals surface area contributed by atoms with Crippen LogP contribution in [0.3, 0.4) is 0 Å². The van der Waals surface area contributed by atoms with E-state index < -0.39 is 0 Å². The van der Waals surface area contributed by atoms with Gasteiger partial charge in [0.05, 0.1) is 6.61 Å². The first kappa shape index (κ1) is 12.5. The summed E-state index contributed by atoms with van der Waals surface area (Å²) in [4.78, 5) is 0. The van der Waals surface area contributed by atoms with E-state index in [1.165, 1.54) is 11.1 Å². The van der Waals surface area contributed by atoms with E-state index in [9.17, 15) is 0 Å². The number of ether oxygens (including phenoxy) is 1. The molecule has 0 aromatic heterocycles. The molecule has 2 rings (SSSR count). The summed E-state index contributed by atoms with van der Waals surface area (Å²) in [6.45, 7) is 0.783. The van der Waals surface area contributed by atoms with E-state index >= 15 is 0 Å². The Balaban J connectivity index is 2.26. The van der Waals surface area contributed by atoms with E-state index in [1.54, 1.807) is 0 Å². The molecule has 0 unspecified atom stereocenters. The van der Waals surface area contributed by atoms with Crippen molar-refractivity contribution in [3.05, 3.63) is 27.7 Å². The fourth-order valence-corrected chi connectivity index (χ4v) is 3.06. The largest absolute Gasteiger partial charge is 0.493 e. The number of halogens is 3. The van der Waals surface area contributed by atoms with Gasteiger partial charge in [0, 0.05) is 22.7 Å². The zero-order valence-electron chi connectivity index (χ0n) is 8.81. The van der Waals surface area contributed by atoms with Gasteiger partial charge in [-0.1, -0.05) is 15.9 Å². The average Bonchev–Trinajstić information content (AvgIpc) is 2.73. The smallest absolute Gasteiger partial charge is 0.125 e. The minimum absolute atomic E-state index is 0.311. The van der Waals surface area contributed by atoms with Crippen LogP contribution in [0.5, 0.6) is 5.75 Å². The first-order valence-corrected chi connectivity index (χ1v) is 7.16. The minimum Gasteiger partial charge on any atom is -0.493 e. The highest BCUT2D eigenvalue weighted by atomic mass is 79.9. The van der Waals surface area contributed by atoms with E-state index in [1.807, 2.05) is 0 Å². The van der Waals surface area contributed by atoms with Gasteiger partial charge in [-0.2, -0.15) is 0 Å². The van der Waals surface area contributed by atoms with Crippen LogP contribution >= 0.6 is 39.1 Å². The molecule has 0 bridgehead atoms. The number of alkyl halides is 2. The Morgan fingerprint density at radius 3 is 2.75 bits per heavy atom. The standard InChI is InChI=1S/C12H13BrCl2O/c13-11-4-9-1-2-16-12(9)10(5-11)3-8(6-14)7-15/h4-5,8H,1-3,6-7H2. The lowest BCUT2D eigenvalue weighted by atomic mass is 9.99. The van der Waals surface area contributed by atoms with Crippen molar-refractivity contribution in [1.29, 1.82) is 0 Å². The minimum atomic E-state index is 0.311. The molecule has 88 valence electrons. The van der Waals surface area contributed by atoms with E-state index in [-0.39, 0.29) is 0 Å². The van der Waals surface area contributed by atoms with Gasteiger partial charge in [0.15, 0.2) is 0 Å². The summed E-state index contributed by atoms with van der Waals surface area (Å²) in [5, 5.41) is 0. The van der Waals surface area contributed by atoms with Gasteiger partial charge < -0.3 is 4.74 Å². The molecule has 0 amide bonds. The van der Waals surface area contributed by atoms with Crippen LogP contribution < -0.4 is 4.74 Å². The monoisotopic (exact) mass is 322 g/mol. The van der Waals surface area contributed by atoms with Gasteiger partial charge >= 0.3 is 0 Å². The summed E-state index contributed by atoms with van der Waals surface area (Å²) in [5.74, 6) is 2.53. The first-order chi connectivity index (χ1) is 7.74. The number of hydrogen-bond donors (Lipinski definition) is 0. The maximum absolute atomic E-state index is 5.87. The van der Waals surface area contributed by atoms with Crippen LogP contribution in [-0.2, 0) is 12.8 Å². The molecule has 1 aliphatic rings. The highest BCUT2D eigenvalue weighted by Crippen LogP contribution is 2.34. The summed E-state index contributed by atoms with van der Waals surface area (Å²) in [6.07, 6.45) is 1.88. The second-order valence-corrected chi connectivity index (χ2v) is 5.56. The van der Waals surface area contributed by atoms with Gasteiger partial charge in [-0.15, -0.1) is 23.2 Å². The van der Waals surface area contributed by atoms with Gasteiger partial charge in [0.25, 0.3) is 0 Å². The summed E-state index contributed by atoms with van der Waals surface area (Å²) >= 11 is 15.3. The van der Waals surface area contributed by atoms with Crippen molar-refractivity contribution in [2.24, 2.45) is 5.92 Å². The van der Waals surface area contributed by atoms with Crippen LogP contribution in [0, 0.1) is 5.92 Å². The highest BCUT2D eigenvalue weighted by Gasteiger charge is 2.19. The lowest BCUT2D eigenvalue weighted by Crippen LogP contribution is -2.09. The van der Waals surface area contributed by atoms with Crippen LogP contribution in [0.1, 0.15) is 11.1 Å². The number of benzene rings is 1. The lowest BCUT2D eigenvalue weighted by Gasteiger charge is -2.13. The van der Waals surface area contributed by atoms with Crippen molar-refractivity contribution in [3.63, 3.8) is 0 Å². The molecule has 0 N–H and O–H groups in total. The van der Waals surface area contributed by atoms with Crippen molar-refractivity contribution in [2.45, 2.75) is 12.8 Å². The summed E-state index contributed by atoms with van der Waals surface area (Å²) in [7, 11) is 0. The maximum atomic E-state index is 5.87. The van der Waals surface area contributed by atoms with E-state index in [2.05, 4.69) is 28.1 Å². The molecule has 0 saturated heterocycles. The Bertz CT molecular complexity index is 378. The van der Waals surface area contributed by atoms with Gasteiger partial charge in [-0.25, -0.2) is 0 Å². The summed E-state index contributed by atoms with van der Waals surface area (Å²) < 4.78 is 6.77. The van der Waals surface area contributed by atoms with E-state index in [0.29, 0.717) is 17.7 Å². The molecule has 4 heteroatoms. The molecule has 0 fully saturated rings. The number of fused-ring (bicyclic) bond motifs is 1. The molecule has 0 radical (unpaired) electrons. The molecule has 1 nitrogen and oxygen atoms in total. The molecule has 0 saturated carbocycles. The van der Waals surface area contributed by atoms with Crippen molar-refractivity contribution in [1.82, 2.24) is 0 Å². The van der Waals surface area contributed by atoms with E-state index in [4.69, 9.17) is 27.9 Å². The quantitative estimate of drug-likeness (QED) is 0.760. The van der Waals surface area contributed by atoms with Crippen LogP contribution in [0.15, 0.2) is 16.6 Å². The molecule has 0 aliphatic carbocycles. The molecule has 16 heavy (non-hydrogen) atoms. The van der Waals surface area contributed by atoms with Crippen LogP contribution in [-0.4, -0.2) is 18.4 Å². The Morgan fingerprint density at radius 1 is 1.31 bits per heavy atom. The molecule has 0 spiro atoms. The molecule has 1 aliphatic heterocycles. The van der Waals surface area contributed by atoms with Gasteiger partial charge in [-0.05, 0) is 35.6 Å². The Morgan fingerprint density at radius 2 is 2.06 bits per heavy atom. The fraction of sp³-hybridized carbons (Fsp3) is 0.500. The Hall–Kier alpha value is 0.0800. The van der Waals surface area contributed by atoms with Gasteiger partial charge in [0.2, 0.25) is 0 Å². The summed E-state index contributed by atoms with van der Waals surface area (Å²) in [5.41, 5.74) is 2.50. The molecule has 0 atom stereocenters.